The molecule has 0 bridgehead atoms. The first-order chi connectivity index (χ1) is 24.1. The second kappa shape index (κ2) is 17.1. The number of amides is 4. The number of hydrogen-bond acceptors (Lipinski definition) is 7. The third-order valence-electron chi connectivity index (χ3n) is 9.08. The van der Waals surface area contributed by atoms with Crippen LogP contribution in [-0.4, -0.2) is 89.3 Å². The monoisotopic (exact) mass is 681 g/mol. The second-order valence-electron chi connectivity index (χ2n) is 13.0. The quantitative estimate of drug-likeness (QED) is 0.204. The van der Waals surface area contributed by atoms with E-state index in [1.807, 2.05) is 56.3 Å². The SMILES string of the molecule is C[C@@H]1CN([C@@H](C)CO)C(=O)c2cc(NC(=O)c3ccncc3)ccc2O[C@@H](C)CCCCO[C@@H]1CN(C)C(=O)Nc1cccc2ccccc12. The molecule has 0 aliphatic carbocycles. The van der Waals surface area contributed by atoms with E-state index in [2.05, 4.69) is 15.6 Å². The Balaban J connectivity index is 1.38. The van der Waals surface area contributed by atoms with E-state index in [0.717, 1.165) is 35.7 Å². The molecule has 264 valence electrons. The molecule has 1 aromatic heterocycles. The first-order valence-corrected chi connectivity index (χ1v) is 17.2. The van der Waals surface area contributed by atoms with Gasteiger partial charge in [-0.1, -0.05) is 43.3 Å². The van der Waals surface area contributed by atoms with E-state index in [-0.39, 0.29) is 55.1 Å². The van der Waals surface area contributed by atoms with Crippen molar-refractivity contribution in [1.82, 2.24) is 14.8 Å². The maximum absolute atomic E-state index is 14.4. The maximum atomic E-state index is 14.4. The van der Waals surface area contributed by atoms with Crippen LogP contribution in [-0.2, 0) is 4.74 Å². The number of benzene rings is 3. The smallest absolute Gasteiger partial charge is 0.321 e. The normalized spacial score (nSPS) is 19.4. The number of hydrogen-bond donors (Lipinski definition) is 3. The highest BCUT2D eigenvalue weighted by molar-refractivity contribution is 6.05. The van der Waals surface area contributed by atoms with Gasteiger partial charge in [0.2, 0.25) is 0 Å². The molecule has 2 heterocycles. The summed E-state index contributed by atoms with van der Waals surface area (Å²) in [6, 6.07) is 21.1. The minimum absolute atomic E-state index is 0.191. The van der Waals surface area contributed by atoms with Crippen molar-refractivity contribution in [1.29, 1.82) is 0 Å². The average Bonchev–Trinajstić information content (AvgIpc) is 3.13. The number of anilines is 2. The fourth-order valence-corrected chi connectivity index (χ4v) is 6.07. The van der Waals surface area contributed by atoms with E-state index in [4.69, 9.17) is 9.47 Å². The summed E-state index contributed by atoms with van der Waals surface area (Å²) in [6.45, 7) is 6.49. The number of urea groups is 1. The molecule has 3 aromatic carbocycles. The van der Waals surface area contributed by atoms with E-state index in [0.29, 0.717) is 23.6 Å². The number of nitrogens with one attached hydrogen (secondary N) is 2. The lowest BCUT2D eigenvalue weighted by atomic mass is 10.0. The number of carbonyl (C=O) groups excluding carboxylic acids is 3. The van der Waals surface area contributed by atoms with Crippen LogP contribution in [0.15, 0.2) is 85.2 Å². The summed E-state index contributed by atoms with van der Waals surface area (Å²) >= 11 is 0. The summed E-state index contributed by atoms with van der Waals surface area (Å²) in [4.78, 5) is 48.0. The molecule has 1 aliphatic heterocycles. The molecule has 11 nitrogen and oxygen atoms in total. The molecule has 3 N–H and O–H groups in total. The highest BCUT2D eigenvalue weighted by Crippen LogP contribution is 2.29. The van der Waals surface area contributed by atoms with Gasteiger partial charge in [-0.3, -0.25) is 14.6 Å². The largest absolute Gasteiger partial charge is 0.490 e. The lowest BCUT2D eigenvalue weighted by molar-refractivity contribution is -0.0115. The number of aromatic nitrogens is 1. The number of pyridine rings is 1. The van der Waals surface area contributed by atoms with Crippen molar-refractivity contribution < 1.29 is 29.0 Å². The predicted octanol–water partition coefficient (Wildman–Crippen LogP) is 6.45. The lowest BCUT2D eigenvalue weighted by Crippen LogP contribution is -2.48. The van der Waals surface area contributed by atoms with Gasteiger partial charge in [-0.25, -0.2) is 4.79 Å². The molecule has 0 radical (unpaired) electrons. The molecular formula is C39H47N5O6. The van der Waals surface area contributed by atoms with Gasteiger partial charge in [-0.05, 0) is 74.9 Å². The Morgan fingerprint density at radius 1 is 1.02 bits per heavy atom. The van der Waals surface area contributed by atoms with Crippen molar-refractivity contribution in [2.75, 3.05) is 44.0 Å². The zero-order valence-electron chi connectivity index (χ0n) is 29.2. The molecule has 0 fully saturated rings. The van der Waals surface area contributed by atoms with Gasteiger partial charge in [-0.15, -0.1) is 0 Å². The molecule has 50 heavy (non-hydrogen) atoms. The fourth-order valence-electron chi connectivity index (χ4n) is 6.07. The van der Waals surface area contributed by atoms with Gasteiger partial charge in [-0.2, -0.15) is 0 Å². The van der Waals surface area contributed by atoms with Gasteiger partial charge < -0.3 is 35.0 Å². The molecule has 4 aromatic rings. The van der Waals surface area contributed by atoms with Gasteiger partial charge in [0.25, 0.3) is 11.8 Å². The van der Waals surface area contributed by atoms with Gasteiger partial charge in [0.1, 0.15) is 5.75 Å². The van der Waals surface area contributed by atoms with E-state index in [1.165, 1.54) is 0 Å². The van der Waals surface area contributed by atoms with Gasteiger partial charge in [0, 0.05) is 61.7 Å². The maximum Gasteiger partial charge on any atom is 0.321 e. The number of rotatable bonds is 7. The van der Waals surface area contributed by atoms with Crippen LogP contribution in [0.4, 0.5) is 16.2 Å². The summed E-state index contributed by atoms with van der Waals surface area (Å²) in [5.41, 5.74) is 1.86. The number of carbonyl (C=O) groups is 3. The van der Waals surface area contributed by atoms with Crippen LogP contribution < -0.4 is 15.4 Å². The van der Waals surface area contributed by atoms with E-state index >= 15 is 0 Å². The van der Waals surface area contributed by atoms with Crippen LogP contribution in [0.1, 0.15) is 60.7 Å². The topological polar surface area (TPSA) is 133 Å². The second-order valence-corrected chi connectivity index (χ2v) is 13.0. The highest BCUT2D eigenvalue weighted by Gasteiger charge is 2.31. The van der Waals surface area contributed by atoms with Crippen molar-refractivity contribution >= 4 is 40.0 Å². The molecule has 1 aliphatic rings. The van der Waals surface area contributed by atoms with E-state index in [1.54, 1.807) is 66.5 Å². The summed E-state index contributed by atoms with van der Waals surface area (Å²) in [7, 11) is 1.73. The van der Waals surface area contributed by atoms with Crippen LogP contribution in [0.5, 0.6) is 5.75 Å². The Labute approximate surface area is 293 Å². The summed E-state index contributed by atoms with van der Waals surface area (Å²) in [6.07, 6.45) is 4.87. The Hall–Kier alpha value is -5.00. The zero-order valence-corrected chi connectivity index (χ0v) is 29.2. The van der Waals surface area contributed by atoms with E-state index < -0.39 is 12.1 Å². The Kier molecular flexibility index (Phi) is 12.4. The molecular weight excluding hydrogens is 634 g/mol. The van der Waals surface area contributed by atoms with Gasteiger partial charge in [0.15, 0.2) is 0 Å². The predicted molar refractivity (Wildman–Crippen MR) is 195 cm³/mol. The number of aliphatic hydroxyl groups is 1. The van der Waals surface area contributed by atoms with Crippen LogP contribution in [0.2, 0.25) is 0 Å². The molecule has 4 amide bonds. The zero-order chi connectivity index (χ0) is 35.6. The lowest BCUT2D eigenvalue weighted by Gasteiger charge is -2.35. The molecule has 0 saturated heterocycles. The van der Waals surface area contributed by atoms with Crippen molar-refractivity contribution in [2.24, 2.45) is 5.92 Å². The van der Waals surface area contributed by atoms with Crippen LogP contribution in [0.25, 0.3) is 10.8 Å². The molecule has 0 saturated carbocycles. The van der Waals surface area contributed by atoms with Crippen LogP contribution in [0.3, 0.4) is 0 Å². The fraction of sp³-hybridized carbons (Fsp3) is 0.385. The first-order valence-electron chi connectivity index (χ1n) is 17.2. The van der Waals surface area contributed by atoms with Gasteiger partial charge in [0.05, 0.1) is 36.1 Å². The number of nitrogens with zero attached hydrogens (tertiary/aromatic N) is 3. The third-order valence-corrected chi connectivity index (χ3v) is 9.08. The first kappa shape index (κ1) is 36.3. The van der Waals surface area contributed by atoms with Crippen molar-refractivity contribution in [3.63, 3.8) is 0 Å². The number of likely N-dealkylation sites (N-methyl/N-ethyl adjacent to an activating group) is 1. The Bertz CT molecular complexity index is 1760. The highest BCUT2D eigenvalue weighted by atomic mass is 16.5. The summed E-state index contributed by atoms with van der Waals surface area (Å²) < 4.78 is 12.7. The Morgan fingerprint density at radius 3 is 2.56 bits per heavy atom. The van der Waals surface area contributed by atoms with Crippen molar-refractivity contribution in [3.8, 4) is 5.75 Å². The number of fused-ring (bicyclic) bond motifs is 2. The number of aliphatic hydroxyl groups excluding tert-OH is 1. The number of ether oxygens (including phenoxy) is 2. The van der Waals surface area contributed by atoms with E-state index in [9.17, 15) is 19.5 Å². The minimum atomic E-state index is -0.536. The van der Waals surface area contributed by atoms with Gasteiger partial charge >= 0.3 is 6.03 Å². The molecule has 0 unspecified atom stereocenters. The molecule has 11 heteroatoms. The average molecular weight is 682 g/mol. The molecule has 5 rings (SSSR count). The molecule has 4 atom stereocenters. The minimum Gasteiger partial charge on any atom is -0.490 e. The third kappa shape index (κ3) is 9.16. The Morgan fingerprint density at radius 2 is 1.78 bits per heavy atom. The van der Waals surface area contributed by atoms with Crippen LogP contribution >= 0.6 is 0 Å². The standard InChI is InChI=1S/C39H47N5O6/c1-26-23-44(27(2)25-45)38(47)33-22-31(41-37(46)30-17-19-40-20-18-30)15-16-35(33)50-28(3)10-7-8-21-49-36(26)24-43(4)39(48)42-34-14-9-12-29-11-5-6-13-32(29)34/h5-6,9,11-20,22,26-28,36,45H,7-8,10,21,23-25H2,1-4H3,(H,41,46)(H,42,48)/t26-,27+,28+,36-/m1/s1. The summed E-state index contributed by atoms with van der Waals surface area (Å²) in [5, 5.41) is 18.2. The summed E-state index contributed by atoms with van der Waals surface area (Å²) in [5.74, 6) is -0.500. The van der Waals surface area contributed by atoms with Crippen molar-refractivity contribution in [2.45, 2.75) is 58.3 Å². The van der Waals surface area contributed by atoms with Crippen molar-refractivity contribution in [3.05, 3.63) is 96.3 Å². The van der Waals surface area contributed by atoms with Crippen LogP contribution in [0, 0.1) is 5.92 Å². The molecule has 0 spiro atoms.